The number of nitrogens with zero attached hydrogens (tertiary/aromatic N) is 1. The molecule has 5 nitrogen and oxygen atoms in total. The van der Waals surface area contributed by atoms with Crippen LogP contribution in [0, 0.1) is 6.92 Å². The summed E-state index contributed by atoms with van der Waals surface area (Å²) in [5, 5.41) is 3.44. The first-order chi connectivity index (χ1) is 11.2. The number of alkyl halides is 3. The minimum absolute atomic E-state index is 0.0751. The van der Waals surface area contributed by atoms with Crippen LogP contribution in [0.3, 0.4) is 0 Å². The first-order valence-corrected chi connectivity index (χ1v) is 6.83. The lowest BCUT2D eigenvalue weighted by molar-refractivity contribution is -0.0926. The van der Waals surface area contributed by atoms with Crippen LogP contribution < -0.4 is 16.8 Å². The summed E-state index contributed by atoms with van der Waals surface area (Å²) in [6, 6.07) is 5.01. The van der Waals surface area contributed by atoms with E-state index in [2.05, 4.69) is 10.3 Å². The van der Waals surface area contributed by atoms with Crippen LogP contribution in [0.1, 0.15) is 15.9 Å². The molecule has 0 fully saturated rings. The Hall–Kier alpha value is -3.03. The largest absolute Gasteiger partial charge is 0.430 e. The fourth-order valence-corrected chi connectivity index (χ4v) is 2.02. The highest BCUT2D eigenvalue weighted by Gasteiger charge is 2.30. The lowest BCUT2D eigenvalue weighted by atomic mass is 10.1. The van der Waals surface area contributed by atoms with E-state index < -0.39 is 11.9 Å². The van der Waals surface area contributed by atoms with E-state index in [-0.39, 0.29) is 5.82 Å². The molecule has 1 heterocycles. The third kappa shape index (κ3) is 4.03. The normalized spacial score (nSPS) is 13.2. The van der Waals surface area contributed by atoms with Crippen LogP contribution in [0.2, 0.25) is 0 Å². The molecule has 2 rings (SSSR count). The van der Waals surface area contributed by atoms with Gasteiger partial charge in [-0.25, -0.2) is 0 Å². The number of nitrogens with two attached hydrogens (primary N) is 2. The van der Waals surface area contributed by atoms with Crippen molar-refractivity contribution in [1.82, 2.24) is 4.98 Å². The molecule has 5 N–H and O–H groups in total. The molecule has 0 saturated heterocycles. The smallest absolute Gasteiger partial charge is 0.395 e. The van der Waals surface area contributed by atoms with Crippen LogP contribution in [0.4, 0.5) is 18.9 Å². The van der Waals surface area contributed by atoms with E-state index >= 15 is 0 Å². The number of anilines is 1. The average molecular weight is 336 g/mol. The lowest BCUT2D eigenvalue weighted by Gasteiger charge is -2.11. The molecule has 8 heteroatoms. The number of fused-ring (bicyclic) bond motifs is 1. The molecule has 0 bridgehead atoms. The van der Waals surface area contributed by atoms with Gasteiger partial charge >= 0.3 is 6.18 Å². The topological polar surface area (TPSA) is 94.0 Å². The van der Waals surface area contributed by atoms with Crippen LogP contribution in [-0.2, 0) is 0 Å². The number of carbonyl (C=O) groups is 1. The Morgan fingerprint density at radius 2 is 1.92 bits per heavy atom. The van der Waals surface area contributed by atoms with E-state index in [1.165, 1.54) is 6.07 Å². The van der Waals surface area contributed by atoms with Gasteiger partial charge in [0.05, 0.1) is 11.2 Å². The fourth-order valence-electron chi connectivity index (χ4n) is 2.02. The van der Waals surface area contributed by atoms with Gasteiger partial charge in [-0.3, -0.25) is 9.78 Å². The molecule has 2 aromatic rings. The Morgan fingerprint density at radius 1 is 1.21 bits per heavy atom. The highest BCUT2D eigenvalue weighted by molar-refractivity contribution is 5.96. The summed E-state index contributed by atoms with van der Waals surface area (Å²) in [6.07, 6.45) is -0.675. The van der Waals surface area contributed by atoms with Gasteiger partial charge in [0.1, 0.15) is 17.8 Å². The quantitative estimate of drug-likeness (QED) is 0.589. The van der Waals surface area contributed by atoms with Gasteiger partial charge < -0.3 is 16.8 Å². The molecule has 1 aromatic heterocycles. The van der Waals surface area contributed by atoms with E-state index in [0.29, 0.717) is 34.5 Å². The van der Waals surface area contributed by atoms with Gasteiger partial charge in [-0.2, -0.15) is 13.2 Å². The highest BCUT2D eigenvalue weighted by atomic mass is 19.4. The van der Waals surface area contributed by atoms with Gasteiger partial charge in [0.25, 0.3) is 0 Å². The van der Waals surface area contributed by atoms with Gasteiger partial charge in [0.2, 0.25) is 0 Å². The standard InChI is InChI=1S/C16H15F3N4O/c1-9-4-11-5-10(8-24)6-12(15(11)22-7-9)23-14(21)3-2-13(20)16(17,18)19/h2-8,23H,20-21H2,1H3/b13-2-,14-3+. The highest BCUT2D eigenvalue weighted by Crippen LogP contribution is 2.25. The number of aryl methyl sites for hydroxylation is 1. The third-order valence-electron chi connectivity index (χ3n) is 3.13. The van der Waals surface area contributed by atoms with Gasteiger partial charge in [-0.05, 0) is 42.8 Å². The SMILES string of the molecule is Cc1cnc2c(N/C(N)=C/C=C(\N)C(F)(F)F)cc(C=O)cc2c1. The number of hydrogen-bond donors (Lipinski definition) is 3. The minimum Gasteiger partial charge on any atom is -0.395 e. The van der Waals surface area contributed by atoms with Crippen molar-refractivity contribution in [2.24, 2.45) is 11.5 Å². The molecule has 0 radical (unpaired) electrons. The summed E-state index contributed by atoms with van der Waals surface area (Å²) in [7, 11) is 0. The van der Waals surface area contributed by atoms with E-state index in [1.54, 1.807) is 12.3 Å². The molecular formula is C16H15F3N4O. The van der Waals surface area contributed by atoms with E-state index in [4.69, 9.17) is 11.5 Å². The Bertz CT molecular complexity index is 841. The number of pyridine rings is 1. The number of halogens is 3. The molecule has 24 heavy (non-hydrogen) atoms. The van der Waals surface area contributed by atoms with Crippen molar-refractivity contribution in [2.75, 3.05) is 5.32 Å². The number of benzene rings is 1. The fraction of sp³-hybridized carbons (Fsp3) is 0.125. The molecule has 1 aromatic carbocycles. The Morgan fingerprint density at radius 3 is 2.54 bits per heavy atom. The Kier molecular flexibility index (Phi) is 4.77. The summed E-state index contributed by atoms with van der Waals surface area (Å²) >= 11 is 0. The summed E-state index contributed by atoms with van der Waals surface area (Å²) in [4.78, 5) is 15.3. The van der Waals surface area contributed by atoms with Crippen LogP contribution in [0.5, 0.6) is 0 Å². The molecule has 0 spiro atoms. The summed E-state index contributed by atoms with van der Waals surface area (Å²) in [5.41, 5.74) is 11.5. The minimum atomic E-state index is -4.63. The summed E-state index contributed by atoms with van der Waals surface area (Å²) in [5.74, 6) is -0.0751. The van der Waals surface area contributed by atoms with Crippen LogP contribution in [-0.4, -0.2) is 17.4 Å². The molecule has 0 aliphatic carbocycles. The van der Waals surface area contributed by atoms with Crippen molar-refractivity contribution in [3.63, 3.8) is 0 Å². The van der Waals surface area contributed by atoms with Crippen LogP contribution in [0.25, 0.3) is 10.9 Å². The van der Waals surface area contributed by atoms with Gasteiger partial charge in [-0.1, -0.05) is 0 Å². The summed E-state index contributed by atoms with van der Waals surface area (Å²) < 4.78 is 37.0. The zero-order valence-electron chi connectivity index (χ0n) is 12.7. The number of aromatic nitrogens is 1. The number of aldehydes is 1. The maximum absolute atomic E-state index is 12.3. The average Bonchev–Trinajstić information content (AvgIpc) is 2.50. The van der Waals surface area contributed by atoms with Gasteiger partial charge in [0.15, 0.2) is 0 Å². The maximum Gasteiger partial charge on any atom is 0.430 e. The molecule has 0 aliphatic heterocycles. The van der Waals surface area contributed by atoms with Crippen molar-refractivity contribution in [1.29, 1.82) is 0 Å². The third-order valence-corrected chi connectivity index (χ3v) is 3.13. The predicted octanol–water partition coefficient (Wildman–Crippen LogP) is 2.97. The second kappa shape index (κ2) is 6.61. The second-order valence-electron chi connectivity index (χ2n) is 5.14. The predicted molar refractivity (Wildman–Crippen MR) is 86.1 cm³/mol. The second-order valence-corrected chi connectivity index (χ2v) is 5.14. The van der Waals surface area contributed by atoms with Crippen molar-refractivity contribution in [3.05, 3.63) is 59.2 Å². The number of nitrogens with one attached hydrogen (secondary N) is 1. The Labute approximate surface area is 135 Å². The maximum atomic E-state index is 12.3. The van der Waals surface area contributed by atoms with Gasteiger partial charge in [-0.15, -0.1) is 0 Å². The van der Waals surface area contributed by atoms with Crippen LogP contribution in [0.15, 0.2) is 48.1 Å². The van der Waals surface area contributed by atoms with E-state index in [9.17, 15) is 18.0 Å². The molecular weight excluding hydrogens is 321 g/mol. The van der Waals surface area contributed by atoms with Crippen molar-refractivity contribution in [2.45, 2.75) is 13.1 Å². The lowest BCUT2D eigenvalue weighted by Crippen LogP contribution is -2.19. The summed E-state index contributed by atoms with van der Waals surface area (Å²) in [6.45, 7) is 1.85. The van der Waals surface area contributed by atoms with E-state index in [1.807, 2.05) is 13.0 Å². The molecule has 0 saturated carbocycles. The Balaban J connectivity index is 2.40. The van der Waals surface area contributed by atoms with Crippen molar-refractivity contribution < 1.29 is 18.0 Å². The van der Waals surface area contributed by atoms with Crippen molar-refractivity contribution >= 4 is 22.9 Å². The number of hydrogen-bond acceptors (Lipinski definition) is 5. The first-order valence-electron chi connectivity index (χ1n) is 6.83. The molecule has 0 aliphatic rings. The first kappa shape index (κ1) is 17.3. The van der Waals surface area contributed by atoms with Gasteiger partial charge in [0, 0.05) is 17.1 Å². The number of allylic oxidation sites excluding steroid dienone is 3. The molecule has 0 unspecified atom stereocenters. The number of rotatable bonds is 4. The van der Waals surface area contributed by atoms with E-state index in [0.717, 1.165) is 11.6 Å². The van der Waals surface area contributed by atoms with Crippen molar-refractivity contribution in [3.8, 4) is 0 Å². The zero-order chi connectivity index (χ0) is 17.9. The van der Waals surface area contributed by atoms with Crippen LogP contribution >= 0.6 is 0 Å². The monoisotopic (exact) mass is 336 g/mol. The molecule has 0 amide bonds. The number of carbonyl (C=O) groups excluding carboxylic acids is 1. The molecule has 0 atom stereocenters. The zero-order valence-corrected chi connectivity index (χ0v) is 12.7. The molecule has 126 valence electrons.